The fourth-order valence-electron chi connectivity index (χ4n) is 4.82. The van der Waals surface area contributed by atoms with Crippen LogP contribution in [0.15, 0.2) is 54.9 Å². The second-order valence-electron chi connectivity index (χ2n) is 9.75. The van der Waals surface area contributed by atoms with Crippen LogP contribution in [-0.2, 0) is 11.3 Å². The summed E-state index contributed by atoms with van der Waals surface area (Å²) < 4.78 is 2.10. The average Bonchev–Trinajstić information content (AvgIpc) is 3.78. The number of anilines is 2. The van der Waals surface area contributed by atoms with Gasteiger partial charge in [-0.3, -0.25) is 4.79 Å². The summed E-state index contributed by atoms with van der Waals surface area (Å²) in [5, 5.41) is 16.3. The number of pyridine rings is 2. The van der Waals surface area contributed by atoms with Crippen LogP contribution in [-0.4, -0.2) is 20.3 Å². The number of rotatable bonds is 7. The lowest BCUT2D eigenvalue weighted by atomic mass is 10.0. The first-order valence-corrected chi connectivity index (χ1v) is 12.5. The zero-order valence-electron chi connectivity index (χ0n) is 19.8. The van der Waals surface area contributed by atoms with Gasteiger partial charge < -0.3 is 15.0 Å². The Morgan fingerprint density at radius 2 is 2.03 bits per heavy atom. The van der Waals surface area contributed by atoms with E-state index in [2.05, 4.69) is 50.6 Å². The summed E-state index contributed by atoms with van der Waals surface area (Å²) in [5.41, 5.74) is 6.32. The van der Waals surface area contributed by atoms with Crippen LogP contribution >= 0.6 is 11.6 Å². The molecule has 2 fully saturated rings. The van der Waals surface area contributed by atoms with Crippen molar-refractivity contribution in [3.63, 3.8) is 0 Å². The minimum Gasteiger partial charge on any atom is -0.379 e. The van der Waals surface area contributed by atoms with Crippen molar-refractivity contribution in [1.29, 1.82) is 5.26 Å². The van der Waals surface area contributed by atoms with Crippen LogP contribution in [0.5, 0.6) is 0 Å². The number of benzene rings is 1. The van der Waals surface area contributed by atoms with Gasteiger partial charge in [0.1, 0.15) is 11.5 Å². The monoisotopic (exact) mass is 496 g/mol. The summed E-state index contributed by atoms with van der Waals surface area (Å²) in [7, 11) is 0. The number of carbonyl (C=O) groups excluding carboxylic acids is 1. The fraction of sp³-hybridized carbons (Fsp3) is 0.286. The van der Waals surface area contributed by atoms with Gasteiger partial charge in [-0.1, -0.05) is 17.7 Å². The Morgan fingerprint density at radius 1 is 1.17 bits per heavy atom. The van der Waals surface area contributed by atoms with Crippen molar-refractivity contribution in [1.82, 2.24) is 14.4 Å². The molecule has 36 heavy (non-hydrogen) atoms. The number of aryl methyl sites for hydroxylation is 1. The predicted molar refractivity (Wildman–Crippen MR) is 139 cm³/mol. The van der Waals surface area contributed by atoms with E-state index in [0.29, 0.717) is 35.3 Å². The molecule has 8 heteroatoms. The highest BCUT2D eigenvalue weighted by atomic mass is 35.5. The third kappa shape index (κ3) is 4.65. The maximum Gasteiger partial charge on any atom is 0.229 e. The Balaban J connectivity index is 1.11. The normalized spacial score (nSPS) is 18.6. The molecule has 2 atom stereocenters. The molecule has 0 bridgehead atoms. The molecule has 1 aromatic carbocycles. The number of fused-ring (bicyclic) bond motifs is 1. The molecule has 2 saturated carbocycles. The number of nitrogens with one attached hydrogen (secondary N) is 2. The van der Waals surface area contributed by atoms with Gasteiger partial charge in [-0.15, -0.1) is 0 Å². The first kappa shape index (κ1) is 22.6. The number of hydrogen-bond donors (Lipinski definition) is 2. The van der Waals surface area contributed by atoms with Gasteiger partial charge in [0, 0.05) is 40.8 Å². The smallest absolute Gasteiger partial charge is 0.229 e. The first-order valence-electron chi connectivity index (χ1n) is 12.2. The molecule has 3 aromatic heterocycles. The van der Waals surface area contributed by atoms with E-state index < -0.39 is 0 Å². The summed E-state index contributed by atoms with van der Waals surface area (Å²) in [4.78, 5) is 22.1. The van der Waals surface area contributed by atoms with E-state index in [1.54, 1.807) is 18.2 Å². The topological polar surface area (TPSA) is 95.1 Å². The predicted octanol–water partition coefficient (Wildman–Crippen LogP) is 5.79. The van der Waals surface area contributed by atoms with Gasteiger partial charge in [0.05, 0.1) is 23.9 Å². The molecule has 3 heterocycles. The lowest BCUT2D eigenvalue weighted by Gasteiger charge is -2.10. The molecule has 0 spiro atoms. The summed E-state index contributed by atoms with van der Waals surface area (Å²) in [6.45, 7) is 2.46. The van der Waals surface area contributed by atoms with Gasteiger partial charge >= 0.3 is 0 Å². The van der Waals surface area contributed by atoms with Crippen LogP contribution in [0.25, 0.3) is 5.65 Å². The van der Waals surface area contributed by atoms with Crippen molar-refractivity contribution in [2.24, 2.45) is 5.92 Å². The van der Waals surface area contributed by atoms with E-state index in [1.165, 1.54) is 18.4 Å². The Hall–Kier alpha value is -3.89. The van der Waals surface area contributed by atoms with E-state index in [1.807, 2.05) is 19.1 Å². The fourth-order valence-corrected chi connectivity index (χ4v) is 5.00. The number of aromatic nitrogens is 3. The third-order valence-electron chi connectivity index (χ3n) is 6.91. The summed E-state index contributed by atoms with van der Waals surface area (Å²) in [6, 6.07) is 15.4. The van der Waals surface area contributed by atoms with Gasteiger partial charge in [0.2, 0.25) is 5.91 Å². The number of hydrogen-bond acceptors (Lipinski definition) is 5. The lowest BCUT2D eigenvalue weighted by molar-refractivity contribution is -0.117. The van der Waals surface area contributed by atoms with Crippen LogP contribution < -0.4 is 10.6 Å². The second-order valence-corrected chi connectivity index (χ2v) is 10.2. The number of carbonyl (C=O) groups is 1. The Morgan fingerprint density at radius 3 is 2.83 bits per heavy atom. The minimum atomic E-state index is -0.201. The number of amides is 1. The van der Waals surface area contributed by atoms with Crippen molar-refractivity contribution in [2.75, 3.05) is 10.6 Å². The van der Waals surface area contributed by atoms with E-state index in [0.717, 1.165) is 28.3 Å². The maximum absolute atomic E-state index is 12.9. The van der Waals surface area contributed by atoms with Crippen molar-refractivity contribution in [3.05, 3.63) is 88.0 Å². The van der Waals surface area contributed by atoms with Crippen LogP contribution in [0.2, 0.25) is 5.02 Å². The van der Waals surface area contributed by atoms with Gasteiger partial charge in [-0.25, -0.2) is 9.97 Å². The quantitative estimate of drug-likeness (QED) is 0.337. The number of imidazole rings is 1. The molecule has 1 amide bonds. The molecule has 0 aliphatic heterocycles. The highest BCUT2D eigenvalue weighted by Crippen LogP contribution is 2.49. The second kappa shape index (κ2) is 8.96. The minimum absolute atomic E-state index is 0.00349. The van der Waals surface area contributed by atoms with Crippen molar-refractivity contribution in [2.45, 2.75) is 44.6 Å². The highest BCUT2D eigenvalue weighted by Gasteiger charge is 2.45. The van der Waals surface area contributed by atoms with Gasteiger partial charge in [-0.2, -0.15) is 5.26 Å². The summed E-state index contributed by atoms with van der Waals surface area (Å²) in [6.07, 6.45) is 7.48. The number of nitrogens with zero attached hydrogens (tertiary/aromatic N) is 4. The molecule has 2 aliphatic rings. The van der Waals surface area contributed by atoms with E-state index >= 15 is 0 Å². The van der Waals surface area contributed by atoms with Gasteiger partial charge in [-0.05, 0) is 79.5 Å². The zero-order chi connectivity index (χ0) is 24.8. The SMILES string of the molecule is Cc1cc(NCc2cn3cc(C4CC4)ccc3n2)cc(NC(=O)[C@H]2C[C@@H]2c2cc(Cl)ccc2C#N)n1. The van der Waals surface area contributed by atoms with E-state index in [-0.39, 0.29) is 17.7 Å². The molecule has 7 nitrogen and oxygen atoms in total. The third-order valence-corrected chi connectivity index (χ3v) is 7.15. The van der Waals surface area contributed by atoms with Crippen LogP contribution in [0.4, 0.5) is 11.5 Å². The van der Waals surface area contributed by atoms with Crippen LogP contribution in [0, 0.1) is 24.2 Å². The molecule has 2 aliphatic carbocycles. The largest absolute Gasteiger partial charge is 0.379 e. The van der Waals surface area contributed by atoms with Gasteiger partial charge in [0.15, 0.2) is 0 Å². The molecule has 180 valence electrons. The molecule has 4 aromatic rings. The Kier molecular flexibility index (Phi) is 5.62. The van der Waals surface area contributed by atoms with Gasteiger partial charge in [0.25, 0.3) is 0 Å². The van der Waals surface area contributed by atoms with Crippen molar-refractivity contribution >= 4 is 34.7 Å². The van der Waals surface area contributed by atoms with Crippen LogP contribution in [0.1, 0.15) is 59.2 Å². The maximum atomic E-state index is 12.9. The first-order chi connectivity index (χ1) is 17.5. The van der Waals surface area contributed by atoms with Crippen molar-refractivity contribution < 1.29 is 4.79 Å². The molecule has 0 radical (unpaired) electrons. The summed E-state index contributed by atoms with van der Waals surface area (Å²) in [5.74, 6) is 0.907. The molecule has 6 rings (SSSR count). The lowest BCUT2D eigenvalue weighted by Crippen LogP contribution is -2.16. The van der Waals surface area contributed by atoms with E-state index in [4.69, 9.17) is 16.6 Å². The van der Waals surface area contributed by atoms with Crippen molar-refractivity contribution in [3.8, 4) is 6.07 Å². The summed E-state index contributed by atoms with van der Waals surface area (Å²) >= 11 is 6.12. The average molecular weight is 497 g/mol. The number of nitriles is 1. The highest BCUT2D eigenvalue weighted by molar-refractivity contribution is 6.30. The van der Waals surface area contributed by atoms with Crippen LogP contribution in [0.3, 0.4) is 0 Å². The Bertz CT molecular complexity index is 1530. The number of halogens is 1. The zero-order valence-corrected chi connectivity index (χ0v) is 20.6. The molecular formula is C28H25ClN6O. The molecular weight excluding hydrogens is 472 g/mol. The van der Waals surface area contributed by atoms with E-state index in [9.17, 15) is 10.1 Å². The standard InChI is InChI=1S/C28H25ClN6O/c1-16-8-21(31-13-22-15-35-14-19(17-2-3-17)5-7-27(35)33-22)10-26(32-16)34-28(36)25-11-24(25)23-9-20(29)6-4-18(23)12-30/h4-10,14-15,17,24-25H,2-3,11,13H2,1H3,(H2,31,32,34,36)/t24-,25+/m1/s1. The molecule has 0 unspecified atom stereocenters. The molecule has 0 saturated heterocycles. The molecule has 2 N–H and O–H groups in total. The Labute approximate surface area is 214 Å².